The first-order valence-corrected chi connectivity index (χ1v) is 6.66. The molecule has 0 amide bonds. The van der Waals surface area contributed by atoms with Crippen molar-refractivity contribution in [2.24, 2.45) is 0 Å². The average molecular weight is 335 g/mol. The summed E-state index contributed by atoms with van der Waals surface area (Å²) in [4.78, 5) is -0.254. The van der Waals surface area contributed by atoms with Crippen LogP contribution in [0, 0.1) is 6.92 Å². The van der Waals surface area contributed by atoms with Crippen LogP contribution >= 0.6 is 0 Å². The zero-order valence-electron chi connectivity index (χ0n) is 10.8. The average Bonchev–Trinajstić information content (AvgIpc) is 2.28. The zero-order chi connectivity index (χ0) is 16.4. The van der Waals surface area contributed by atoms with Crippen molar-refractivity contribution in [3.63, 3.8) is 0 Å². The van der Waals surface area contributed by atoms with Crippen LogP contribution in [0.15, 0.2) is 23.1 Å². The SMILES string of the molecule is Cc1ccc(S(=O)N[C@@H](C)C(F)(F)F)cc1OC(F)(F)F. The molecule has 0 saturated heterocycles. The fourth-order valence-corrected chi connectivity index (χ4v) is 2.22. The van der Waals surface area contributed by atoms with Crippen LogP contribution in [-0.4, -0.2) is 22.8 Å². The number of hydrogen-bond acceptors (Lipinski definition) is 2. The fraction of sp³-hybridized carbons (Fsp3) is 0.455. The van der Waals surface area contributed by atoms with Crippen molar-refractivity contribution in [2.45, 2.75) is 37.3 Å². The van der Waals surface area contributed by atoms with Gasteiger partial charge in [0.1, 0.15) is 22.8 Å². The first-order chi connectivity index (χ1) is 9.40. The van der Waals surface area contributed by atoms with Gasteiger partial charge in [-0.15, -0.1) is 13.2 Å². The highest BCUT2D eigenvalue weighted by Gasteiger charge is 2.37. The number of benzene rings is 1. The van der Waals surface area contributed by atoms with Gasteiger partial charge in [0.15, 0.2) is 0 Å². The number of nitrogens with one attached hydrogen (secondary N) is 1. The normalized spacial score (nSPS) is 15.6. The third-order valence-corrected chi connectivity index (χ3v) is 3.62. The van der Waals surface area contributed by atoms with Crippen LogP contribution in [0.1, 0.15) is 12.5 Å². The van der Waals surface area contributed by atoms with E-state index in [1.54, 1.807) is 4.72 Å². The minimum absolute atomic E-state index is 0.108. The van der Waals surface area contributed by atoms with Crippen molar-refractivity contribution in [3.8, 4) is 5.75 Å². The Bertz CT molecular complexity index is 528. The van der Waals surface area contributed by atoms with E-state index >= 15 is 0 Å². The number of halogens is 6. The standard InChI is InChI=1S/C11H11F6NO2S/c1-6-3-4-8(5-9(6)20-11(15,16)17)21(19)18-7(2)10(12,13)14/h3-5,7,18H,1-2H3/t7-,21?/m0/s1. The maximum atomic E-state index is 12.3. The maximum absolute atomic E-state index is 12.3. The number of rotatable bonds is 4. The molecule has 2 atom stereocenters. The van der Waals surface area contributed by atoms with Gasteiger partial charge in [0, 0.05) is 0 Å². The van der Waals surface area contributed by atoms with Gasteiger partial charge in [-0.05, 0) is 31.5 Å². The lowest BCUT2D eigenvalue weighted by atomic mass is 10.2. The molecule has 10 heteroatoms. The lowest BCUT2D eigenvalue weighted by Gasteiger charge is -2.17. The van der Waals surface area contributed by atoms with Crippen molar-refractivity contribution < 1.29 is 35.3 Å². The first-order valence-electron chi connectivity index (χ1n) is 5.51. The van der Waals surface area contributed by atoms with Gasteiger partial charge in [-0.1, -0.05) is 6.07 Å². The Labute approximate surface area is 118 Å². The van der Waals surface area contributed by atoms with E-state index < -0.39 is 35.3 Å². The summed E-state index contributed by atoms with van der Waals surface area (Å²) in [5.74, 6) is -0.616. The van der Waals surface area contributed by atoms with Crippen LogP contribution in [0.25, 0.3) is 0 Å². The molecule has 0 radical (unpaired) electrons. The van der Waals surface area contributed by atoms with E-state index in [0.717, 1.165) is 19.1 Å². The smallest absolute Gasteiger partial charge is 0.405 e. The van der Waals surface area contributed by atoms with Crippen molar-refractivity contribution >= 4 is 11.0 Å². The summed E-state index contributed by atoms with van der Waals surface area (Å²) in [6.07, 6.45) is -9.57. The molecule has 0 aliphatic rings. The molecule has 0 bridgehead atoms. The second-order valence-corrected chi connectivity index (χ2v) is 5.37. The van der Waals surface area contributed by atoms with Gasteiger partial charge in [0.25, 0.3) is 0 Å². The van der Waals surface area contributed by atoms with Crippen LogP contribution in [0.4, 0.5) is 26.3 Å². The Hall–Kier alpha value is -1.29. The van der Waals surface area contributed by atoms with Crippen molar-refractivity contribution in [2.75, 3.05) is 0 Å². The topological polar surface area (TPSA) is 38.3 Å². The summed E-state index contributed by atoms with van der Waals surface area (Å²) >= 11 is 0. The first kappa shape index (κ1) is 17.8. The molecule has 1 rings (SSSR count). The van der Waals surface area contributed by atoms with E-state index in [4.69, 9.17) is 0 Å². The minimum atomic E-state index is -4.95. The van der Waals surface area contributed by atoms with E-state index in [1.165, 1.54) is 13.0 Å². The van der Waals surface area contributed by atoms with E-state index in [1.807, 2.05) is 0 Å². The number of alkyl halides is 6. The molecule has 3 nitrogen and oxygen atoms in total. The molecule has 0 heterocycles. The van der Waals surface area contributed by atoms with E-state index in [9.17, 15) is 30.6 Å². The lowest BCUT2D eigenvalue weighted by molar-refractivity contribution is -0.274. The fourth-order valence-electron chi connectivity index (χ4n) is 1.23. The summed E-state index contributed by atoms with van der Waals surface area (Å²) in [6, 6.07) is 1.04. The summed E-state index contributed by atoms with van der Waals surface area (Å²) in [5, 5.41) is 0. The van der Waals surface area contributed by atoms with E-state index in [0.29, 0.717) is 0 Å². The number of hydrogen-bond donors (Lipinski definition) is 1. The number of ether oxygens (including phenoxy) is 1. The second-order valence-electron chi connectivity index (χ2n) is 4.12. The number of aryl methyl sites for hydroxylation is 1. The monoisotopic (exact) mass is 335 g/mol. The molecule has 120 valence electrons. The van der Waals surface area contributed by atoms with Gasteiger partial charge >= 0.3 is 12.5 Å². The highest BCUT2D eigenvalue weighted by Crippen LogP contribution is 2.28. The van der Waals surface area contributed by atoms with Gasteiger partial charge in [0.05, 0.1) is 4.90 Å². The molecule has 0 fully saturated rings. The van der Waals surface area contributed by atoms with Crippen LogP contribution < -0.4 is 9.46 Å². The zero-order valence-corrected chi connectivity index (χ0v) is 11.6. The Morgan fingerprint density at radius 2 is 1.76 bits per heavy atom. The molecule has 0 aromatic heterocycles. The lowest BCUT2D eigenvalue weighted by Crippen LogP contribution is -2.40. The Kier molecular flexibility index (Phi) is 5.26. The van der Waals surface area contributed by atoms with Crippen LogP contribution in [-0.2, 0) is 11.0 Å². The second kappa shape index (κ2) is 6.22. The quantitative estimate of drug-likeness (QED) is 0.856. The minimum Gasteiger partial charge on any atom is -0.405 e. The molecule has 0 saturated carbocycles. The van der Waals surface area contributed by atoms with Crippen LogP contribution in [0.5, 0.6) is 5.75 Å². The third-order valence-electron chi connectivity index (χ3n) is 2.37. The van der Waals surface area contributed by atoms with Crippen LogP contribution in [0.3, 0.4) is 0 Å². The maximum Gasteiger partial charge on any atom is 0.573 e. The van der Waals surface area contributed by atoms with E-state index in [2.05, 4.69) is 4.74 Å². The molecular weight excluding hydrogens is 324 g/mol. The molecule has 0 spiro atoms. The summed E-state index contributed by atoms with van der Waals surface area (Å²) in [6.45, 7) is 2.07. The molecular formula is C11H11F6NO2S. The van der Waals surface area contributed by atoms with Gasteiger partial charge in [-0.25, -0.2) is 8.93 Å². The Morgan fingerprint density at radius 3 is 2.24 bits per heavy atom. The highest BCUT2D eigenvalue weighted by atomic mass is 32.2. The molecule has 1 aromatic rings. The van der Waals surface area contributed by atoms with Crippen molar-refractivity contribution in [1.29, 1.82) is 0 Å². The Morgan fingerprint density at radius 1 is 1.19 bits per heavy atom. The predicted molar refractivity (Wildman–Crippen MR) is 62.9 cm³/mol. The van der Waals surface area contributed by atoms with Gasteiger partial charge in [-0.3, -0.25) is 0 Å². The summed E-state index contributed by atoms with van der Waals surface area (Å²) < 4.78 is 90.6. The molecule has 1 aromatic carbocycles. The van der Waals surface area contributed by atoms with Crippen LogP contribution in [0.2, 0.25) is 0 Å². The molecule has 1 unspecified atom stereocenters. The Balaban J connectivity index is 2.94. The molecule has 0 aliphatic heterocycles. The predicted octanol–water partition coefficient (Wildman–Crippen LogP) is 3.46. The summed E-state index contributed by atoms with van der Waals surface area (Å²) in [5.41, 5.74) is 0.108. The van der Waals surface area contributed by atoms with Gasteiger partial charge in [0.2, 0.25) is 0 Å². The molecule has 1 N–H and O–H groups in total. The highest BCUT2D eigenvalue weighted by molar-refractivity contribution is 7.83. The van der Waals surface area contributed by atoms with Crippen molar-refractivity contribution in [3.05, 3.63) is 23.8 Å². The molecule has 21 heavy (non-hydrogen) atoms. The van der Waals surface area contributed by atoms with Gasteiger partial charge in [-0.2, -0.15) is 13.2 Å². The van der Waals surface area contributed by atoms with E-state index in [-0.39, 0.29) is 10.5 Å². The van der Waals surface area contributed by atoms with Crippen molar-refractivity contribution in [1.82, 2.24) is 4.72 Å². The largest absolute Gasteiger partial charge is 0.573 e. The van der Waals surface area contributed by atoms with Gasteiger partial charge < -0.3 is 4.74 Å². The third kappa shape index (κ3) is 5.54. The summed E-state index contributed by atoms with van der Waals surface area (Å²) in [7, 11) is -2.32. The molecule has 0 aliphatic carbocycles.